The van der Waals surface area contributed by atoms with Crippen LogP contribution in [-0.2, 0) is 7.05 Å². The lowest BCUT2D eigenvalue weighted by atomic mass is 9.99. The molecule has 17 heavy (non-hydrogen) atoms. The summed E-state index contributed by atoms with van der Waals surface area (Å²) in [5, 5.41) is 8.17. The SMILES string of the molecule is CCC(C)C1CN(c2ccn(C)n2)CCCN1. The molecule has 4 nitrogen and oxygen atoms in total. The second-order valence-electron chi connectivity index (χ2n) is 5.09. The zero-order valence-corrected chi connectivity index (χ0v) is 11.2. The predicted molar refractivity (Wildman–Crippen MR) is 71.3 cm³/mol. The van der Waals surface area contributed by atoms with E-state index in [-0.39, 0.29) is 0 Å². The summed E-state index contributed by atoms with van der Waals surface area (Å²) in [5.41, 5.74) is 0. The molecular formula is C13H24N4. The third kappa shape index (κ3) is 3.00. The summed E-state index contributed by atoms with van der Waals surface area (Å²) >= 11 is 0. The van der Waals surface area contributed by atoms with E-state index in [1.54, 1.807) is 0 Å². The van der Waals surface area contributed by atoms with Gasteiger partial charge in [-0.25, -0.2) is 0 Å². The molecule has 1 aromatic rings. The molecular weight excluding hydrogens is 212 g/mol. The van der Waals surface area contributed by atoms with Crippen LogP contribution in [0.25, 0.3) is 0 Å². The molecule has 2 heterocycles. The van der Waals surface area contributed by atoms with Gasteiger partial charge < -0.3 is 10.2 Å². The van der Waals surface area contributed by atoms with E-state index in [9.17, 15) is 0 Å². The fraction of sp³-hybridized carbons (Fsp3) is 0.769. The zero-order valence-electron chi connectivity index (χ0n) is 11.2. The second-order valence-corrected chi connectivity index (χ2v) is 5.09. The third-order valence-electron chi connectivity index (χ3n) is 3.78. The van der Waals surface area contributed by atoms with Gasteiger partial charge in [-0.2, -0.15) is 5.10 Å². The number of hydrogen-bond donors (Lipinski definition) is 1. The van der Waals surface area contributed by atoms with Crippen molar-refractivity contribution in [3.05, 3.63) is 12.3 Å². The van der Waals surface area contributed by atoms with Gasteiger partial charge in [0.15, 0.2) is 5.82 Å². The molecule has 1 N–H and O–H groups in total. The van der Waals surface area contributed by atoms with Crippen molar-refractivity contribution in [1.82, 2.24) is 15.1 Å². The molecule has 0 aromatic carbocycles. The maximum atomic E-state index is 4.51. The standard InChI is InChI=1S/C13H24N4/c1-4-11(2)12-10-17(8-5-7-14-12)13-6-9-16(3)15-13/h6,9,11-12,14H,4-5,7-8,10H2,1-3H3. The Morgan fingerprint density at radius 3 is 3.06 bits per heavy atom. The first kappa shape index (κ1) is 12.4. The molecule has 2 atom stereocenters. The highest BCUT2D eigenvalue weighted by molar-refractivity contribution is 5.37. The van der Waals surface area contributed by atoms with Crippen LogP contribution in [0, 0.1) is 5.92 Å². The number of nitrogens with zero attached hydrogens (tertiary/aromatic N) is 3. The molecule has 1 fully saturated rings. The number of hydrogen-bond acceptors (Lipinski definition) is 3. The summed E-state index contributed by atoms with van der Waals surface area (Å²) in [6, 6.07) is 2.70. The molecule has 0 spiro atoms. The Hall–Kier alpha value is -1.03. The van der Waals surface area contributed by atoms with Crippen LogP contribution in [0.3, 0.4) is 0 Å². The van der Waals surface area contributed by atoms with Crippen LogP contribution in [-0.4, -0.2) is 35.5 Å². The van der Waals surface area contributed by atoms with Crippen LogP contribution < -0.4 is 10.2 Å². The lowest BCUT2D eigenvalue weighted by Gasteiger charge is -2.28. The topological polar surface area (TPSA) is 33.1 Å². The van der Waals surface area contributed by atoms with E-state index < -0.39 is 0 Å². The lowest BCUT2D eigenvalue weighted by Crippen LogP contribution is -2.42. The summed E-state index contributed by atoms with van der Waals surface area (Å²) in [6.07, 6.45) is 4.45. The molecule has 0 bridgehead atoms. The van der Waals surface area contributed by atoms with E-state index in [0.29, 0.717) is 6.04 Å². The Labute approximate surface area is 104 Å². The van der Waals surface area contributed by atoms with Crippen molar-refractivity contribution >= 4 is 5.82 Å². The summed E-state index contributed by atoms with van der Waals surface area (Å²) in [6.45, 7) is 7.91. The van der Waals surface area contributed by atoms with Gasteiger partial charge in [0.2, 0.25) is 0 Å². The molecule has 96 valence electrons. The van der Waals surface area contributed by atoms with E-state index in [1.165, 1.54) is 12.8 Å². The van der Waals surface area contributed by atoms with Crippen molar-refractivity contribution < 1.29 is 0 Å². The molecule has 1 aliphatic heterocycles. The fourth-order valence-electron chi connectivity index (χ4n) is 2.40. The van der Waals surface area contributed by atoms with Gasteiger partial charge in [0.1, 0.15) is 0 Å². The summed E-state index contributed by atoms with van der Waals surface area (Å²) in [7, 11) is 1.98. The Balaban J connectivity index is 2.06. The van der Waals surface area contributed by atoms with Gasteiger partial charge in [0.05, 0.1) is 0 Å². The summed E-state index contributed by atoms with van der Waals surface area (Å²) in [4.78, 5) is 2.41. The first-order chi connectivity index (χ1) is 8.20. The molecule has 0 aliphatic carbocycles. The maximum Gasteiger partial charge on any atom is 0.150 e. The van der Waals surface area contributed by atoms with Crippen molar-refractivity contribution in [3.8, 4) is 0 Å². The van der Waals surface area contributed by atoms with Crippen LogP contribution in [0.4, 0.5) is 5.82 Å². The van der Waals surface area contributed by atoms with Crippen molar-refractivity contribution in [2.75, 3.05) is 24.5 Å². The summed E-state index contributed by atoms with van der Waals surface area (Å²) < 4.78 is 1.88. The molecule has 1 aliphatic rings. The monoisotopic (exact) mass is 236 g/mol. The average Bonchev–Trinajstić information content (AvgIpc) is 2.63. The number of aryl methyl sites for hydroxylation is 1. The van der Waals surface area contributed by atoms with E-state index in [2.05, 4.69) is 35.2 Å². The summed E-state index contributed by atoms with van der Waals surface area (Å²) in [5.74, 6) is 1.84. The van der Waals surface area contributed by atoms with Gasteiger partial charge >= 0.3 is 0 Å². The molecule has 2 unspecified atom stereocenters. The first-order valence-corrected chi connectivity index (χ1v) is 6.68. The van der Waals surface area contributed by atoms with Crippen molar-refractivity contribution in [3.63, 3.8) is 0 Å². The van der Waals surface area contributed by atoms with Crippen LogP contribution in [0.15, 0.2) is 12.3 Å². The van der Waals surface area contributed by atoms with Crippen molar-refractivity contribution in [2.24, 2.45) is 13.0 Å². The molecule has 0 radical (unpaired) electrons. The van der Waals surface area contributed by atoms with E-state index in [4.69, 9.17) is 0 Å². The van der Waals surface area contributed by atoms with Gasteiger partial charge in [-0.1, -0.05) is 20.3 Å². The molecule has 0 saturated carbocycles. The Kier molecular flexibility index (Phi) is 4.05. The molecule has 4 heteroatoms. The van der Waals surface area contributed by atoms with Crippen LogP contribution in [0.2, 0.25) is 0 Å². The third-order valence-corrected chi connectivity index (χ3v) is 3.78. The molecule has 0 amide bonds. The number of nitrogens with one attached hydrogen (secondary N) is 1. The minimum absolute atomic E-state index is 0.588. The molecule has 2 rings (SSSR count). The minimum atomic E-state index is 0.588. The van der Waals surface area contributed by atoms with E-state index >= 15 is 0 Å². The van der Waals surface area contributed by atoms with Gasteiger partial charge in [0.25, 0.3) is 0 Å². The Morgan fingerprint density at radius 1 is 1.59 bits per heavy atom. The normalized spacial score (nSPS) is 23.5. The van der Waals surface area contributed by atoms with Gasteiger partial charge in [-0.05, 0) is 18.9 Å². The number of aromatic nitrogens is 2. The van der Waals surface area contributed by atoms with Gasteiger partial charge in [-0.3, -0.25) is 4.68 Å². The molecule has 1 aromatic heterocycles. The van der Waals surface area contributed by atoms with Crippen LogP contribution in [0.5, 0.6) is 0 Å². The van der Waals surface area contributed by atoms with Gasteiger partial charge in [0, 0.05) is 38.4 Å². The van der Waals surface area contributed by atoms with E-state index in [0.717, 1.165) is 31.4 Å². The lowest BCUT2D eigenvalue weighted by molar-refractivity contribution is 0.383. The number of rotatable bonds is 3. The van der Waals surface area contributed by atoms with Gasteiger partial charge in [-0.15, -0.1) is 0 Å². The Morgan fingerprint density at radius 2 is 2.41 bits per heavy atom. The van der Waals surface area contributed by atoms with Crippen molar-refractivity contribution in [1.29, 1.82) is 0 Å². The van der Waals surface area contributed by atoms with Crippen LogP contribution in [0.1, 0.15) is 26.7 Å². The number of anilines is 1. The maximum absolute atomic E-state index is 4.51. The fourth-order valence-corrected chi connectivity index (χ4v) is 2.40. The average molecular weight is 236 g/mol. The molecule has 1 saturated heterocycles. The van der Waals surface area contributed by atoms with Crippen molar-refractivity contribution in [2.45, 2.75) is 32.7 Å². The minimum Gasteiger partial charge on any atom is -0.354 e. The largest absolute Gasteiger partial charge is 0.354 e. The zero-order chi connectivity index (χ0) is 12.3. The quantitative estimate of drug-likeness (QED) is 0.866. The highest BCUT2D eigenvalue weighted by Gasteiger charge is 2.22. The van der Waals surface area contributed by atoms with E-state index in [1.807, 2.05) is 17.9 Å². The first-order valence-electron chi connectivity index (χ1n) is 6.68. The highest BCUT2D eigenvalue weighted by Crippen LogP contribution is 2.17. The second kappa shape index (κ2) is 5.54. The Bertz CT molecular complexity index is 347. The predicted octanol–water partition coefficient (Wildman–Crippen LogP) is 1.63. The highest BCUT2D eigenvalue weighted by atomic mass is 15.3. The van der Waals surface area contributed by atoms with Crippen LogP contribution >= 0.6 is 0 Å². The smallest absolute Gasteiger partial charge is 0.150 e.